The van der Waals surface area contributed by atoms with E-state index in [-0.39, 0.29) is 0 Å². The van der Waals surface area contributed by atoms with Gasteiger partial charge in [-0.15, -0.1) is 0 Å². The van der Waals surface area contributed by atoms with Crippen molar-refractivity contribution in [2.24, 2.45) is 0 Å². The Morgan fingerprint density at radius 2 is 1.58 bits per heavy atom. The van der Waals surface area contributed by atoms with Crippen LogP contribution in [-0.4, -0.2) is 50.4 Å². The molecule has 1 N–H and O–H groups in total. The minimum Gasteiger partial charge on any atom is -0.497 e. The van der Waals surface area contributed by atoms with Gasteiger partial charge in [-0.25, -0.2) is 0 Å². The largest absolute Gasteiger partial charge is 0.497 e. The Hall–Kier alpha value is -3.25. The Kier molecular flexibility index (Phi) is 6.57. The molecule has 4 rings (SSSR count). The maximum atomic E-state index is 5.74. The van der Waals surface area contributed by atoms with E-state index >= 15 is 0 Å². The van der Waals surface area contributed by atoms with E-state index in [0.29, 0.717) is 5.11 Å². The van der Waals surface area contributed by atoms with Crippen molar-refractivity contribution in [2.75, 3.05) is 50.6 Å². The summed E-state index contributed by atoms with van der Waals surface area (Å²) in [7, 11) is 3.38. The highest BCUT2D eigenvalue weighted by Crippen LogP contribution is 2.31. The molecule has 1 saturated heterocycles. The third-order valence-electron chi connectivity index (χ3n) is 5.53. The lowest BCUT2D eigenvalue weighted by Crippen LogP contribution is -2.50. The van der Waals surface area contributed by atoms with E-state index < -0.39 is 0 Å². The lowest BCUT2D eigenvalue weighted by molar-refractivity contribution is 0.389. The number of hydrogen-bond donors (Lipinski definition) is 1. The molecule has 0 atom stereocenters. The number of anilines is 2. The van der Waals surface area contributed by atoms with Gasteiger partial charge in [-0.05, 0) is 47.6 Å². The summed E-state index contributed by atoms with van der Waals surface area (Å²) in [6, 6.07) is 24.6. The molecular formula is C25H27N3O2S. The second-order valence-corrected chi connectivity index (χ2v) is 7.77. The summed E-state index contributed by atoms with van der Waals surface area (Å²) in [5.41, 5.74) is 4.33. The summed E-state index contributed by atoms with van der Waals surface area (Å²) in [6.07, 6.45) is 0. The summed E-state index contributed by atoms with van der Waals surface area (Å²) >= 11 is 5.74. The van der Waals surface area contributed by atoms with E-state index in [9.17, 15) is 0 Å². The third-order valence-corrected chi connectivity index (χ3v) is 5.89. The van der Waals surface area contributed by atoms with Gasteiger partial charge in [0.2, 0.25) is 0 Å². The van der Waals surface area contributed by atoms with Crippen molar-refractivity contribution in [3.8, 4) is 22.6 Å². The standard InChI is InChI=1S/C25H27N3O2S/c1-29-22-10-6-9-21(18-22)27-13-15-28(16-14-27)25(31)26-23-17-20(11-12-24(23)30-2)19-7-4-3-5-8-19/h3-12,17-18H,13-16H2,1-2H3,(H,26,31). The lowest BCUT2D eigenvalue weighted by atomic mass is 10.0. The Bertz CT molecular complexity index is 1030. The maximum Gasteiger partial charge on any atom is 0.173 e. The summed E-state index contributed by atoms with van der Waals surface area (Å²) < 4.78 is 10.9. The normalized spacial score (nSPS) is 13.6. The third kappa shape index (κ3) is 4.91. The molecule has 1 aliphatic heterocycles. The van der Waals surface area contributed by atoms with Gasteiger partial charge in [-0.2, -0.15) is 0 Å². The number of benzene rings is 3. The quantitative estimate of drug-likeness (QED) is 0.578. The monoisotopic (exact) mass is 433 g/mol. The molecule has 5 nitrogen and oxygen atoms in total. The van der Waals surface area contributed by atoms with Gasteiger partial charge in [-0.1, -0.05) is 42.5 Å². The molecule has 0 amide bonds. The molecule has 3 aromatic rings. The molecule has 1 heterocycles. The van der Waals surface area contributed by atoms with Gasteiger partial charge in [0.15, 0.2) is 5.11 Å². The predicted molar refractivity (Wildman–Crippen MR) is 131 cm³/mol. The first kappa shape index (κ1) is 21.0. The van der Waals surface area contributed by atoms with Crippen molar-refractivity contribution in [3.05, 3.63) is 72.8 Å². The number of methoxy groups -OCH3 is 2. The molecule has 3 aromatic carbocycles. The molecule has 1 fully saturated rings. The summed E-state index contributed by atoms with van der Waals surface area (Å²) in [5.74, 6) is 1.65. The van der Waals surface area contributed by atoms with E-state index in [0.717, 1.165) is 54.5 Å². The summed E-state index contributed by atoms with van der Waals surface area (Å²) in [5, 5.41) is 4.12. The Morgan fingerprint density at radius 3 is 2.29 bits per heavy atom. The minimum atomic E-state index is 0.716. The van der Waals surface area contributed by atoms with Gasteiger partial charge in [0.25, 0.3) is 0 Å². The highest BCUT2D eigenvalue weighted by molar-refractivity contribution is 7.80. The molecule has 0 radical (unpaired) electrons. The molecule has 0 saturated carbocycles. The van der Waals surface area contributed by atoms with Crippen LogP contribution in [0.2, 0.25) is 0 Å². The van der Waals surface area contributed by atoms with Crippen molar-refractivity contribution < 1.29 is 9.47 Å². The number of nitrogens with one attached hydrogen (secondary N) is 1. The fourth-order valence-electron chi connectivity index (χ4n) is 3.79. The van der Waals surface area contributed by atoms with Crippen molar-refractivity contribution >= 4 is 28.7 Å². The Morgan fingerprint density at radius 1 is 0.806 bits per heavy atom. The molecular weight excluding hydrogens is 406 g/mol. The van der Waals surface area contributed by atoms with Crippen molar-refractivity contribution in [3.63, 3.8) is 0 Å². The van der Waals surface area contributed by atoms with Crippen molar-refractivity contribution in [1.82, 2.24) is 4.90 Å². The van der Waals surface area contributed by atoms with Gasteiger partial charge in [0, 0.05) is 37.9 Å². The fourth-order valence-corrected chi connectivity index (χ4v) is 4.08. The zero-order chi connectivity index (χ0) is 21.6. The topological polar surface area (TPSA) is 37.0 Å². The molecule has 0 aromatic heterocycles. The van der Waals surface area contributed by atoms with E-state index in [4.69, 9.17) is 21.7 Å². The average Bonchev–Trinajstić information content (AvgIpc) is 2.84. The van der Waals surface area contributed by atoms with E-state index in [1.165, 1.54) is 5.69 Å². The first-order valence-electron chi connectivity index (χ1n) is 10.4. The number of piperazine rings is 1. The van der Waals surface area contributed by atoms with Crippen LogP contribution in [0.4, 0.5) is 11.4 Å². The molecule has 0 aliphatic carbocycles. The first-order valence-corrected chi connectivity index (χ1v) is 10.8. The number of thiocarbonyl (C=S) groups is 1. The molecule has 1 aliphatic rings. The second kappa shape index (κ2) is 9.71. The second-order valence-electron chi connectivity index (χ2n) is 7.39. The number of hydrogen-bond acceptors (Lipinski definition) is 4. The predicted octanol–water partition coefficient (Wildman–Crippen LogP) is 4.89. The Balaban J connectivity index is 1.43. The zero-order valence-corrected chi connectivity index (χ0v) is 18.7. The number of ether oxygens (including phenoxy) is 2. The molecule has 0 unspecified atom stereocenters. The summed E-state index contributed by atoms with van der Waals surface area (Å²) in [4.78, 5) is 4.57. The number of nitrogens with zero attached hydrogens (tertiary/aromatic N) is 2. The molecule has 0 spiro atoms. The van der Waals surface area contributed by atoms with Crippen LogP contribution in [0.15, 0.2) is 72.8 Å². The van der Waals surface area contributed by atoms with Gasteiger partial charge in [-0.3, -0.25) is 0 Å². The fraction of sp³-hybridized carbons (Fsp3) is 0.240. The smallest absolute Gasteiger partial charge is 0.173 e. The SMILES string of the molecule is COc1cccc(N2CCN(C(=S)Nc3cc(-c4ccccc4)ccc3OC)CC2)c1. The average molecular weight is 434 g/mol. The van der Waals surface area contributed by atoms with Crippen LogP contribution in [-0.2, 0) is 0 Å². The Labute approximate surface area is 189 Å². The highest BCUT2D eigenvalue weighted by atomic mass is 32.1. The van der Waals surface area contributed by atoms with Crippen LogP contribution in [0.1, 0.15) is 0 Å². The van der Waals surface area contributed by atoms with Crippen LogP contribution >= 0.6 is 12.2 Å². The van der Waals surface area contributed by atoms with Crippen LogP contribution in [0.25, 0.3) is 11.1 Å². The summed E-state index contributed by atoms with van der Waals surface area (Å²) in [6.45, 7) is 3.50. The highest BCUT2D eigenvalue weighted by Gasteiger charge is 2.20. The van der Waals surface area contributed by atoms with Crippen molar-refractivity contribution in [1.29, 1.82) is 0 Å². The van der Waals surface area contributed by atoms with E-state index in [2.05, 4.69) is 51.5 Å². The molecule has 160 valence electrons. The van der Waals surface area contributed by atoms with Gasteiger partial charge in [0.05, 0.1) is 19.9 Å². The van der Waals surface area contributed by atoms with Gasteiger partial charge < -0.3 is 24.6 Å². The molecule has 6 heteroatoms. The van der Waals surface area contributed by atoms with Crippen molar-refractivity contribution in [2.45, 2.75) is 0 Å². The van der Waals surface area contributed by atoms with Crippen LogP contribution < -0.4 is 19.7 Å². The molecule has 31 heavy (non-hydrogen) atoms. The van der Waals surface area contributed by atoms with Gasteiger partial charge >= 0.3 is 0 Å². The van der Waals surface area contributed by atoms with E-state index in [1.54, 1.807) is 14.2 Å². The van der Waals surface area contributed by atoms with Crippen LogP contribution in [0, 0.1) is 0 Å². The van der Waals surface area contributed by atoms with Crippen LogP contribution in [0.3, 0.4) is 0 Å². The van der Waals surface area contributed by atoms with E-state index in [1.807, 2.05) is 36.4 Å². The first-order chi connectivity index (χ1) is 15.2. The van der Waals surface area contributed by atoms with Crippen LogP contribution in [0.5, 0.6) is 11.5 Å². The minimum absolute atomic E-state index is 0.716. The van der Waals surface area contributed by atoms with Gasteiger partial charge in [0.1, 0.15) is 11.5 Å². The zero-order valence-electron chi connectivity index (χ0n) is 17.9. The number of rotatable bonds is 5. The maximum absolute atomic E-state index is 5.74. The molecule has 0 bridgehead atoms. The lowest BCUT2D eigenvalue weighted by Gasteiger charge is -2.37.